The van der Waals surface area contributed by atoms with Crippen molar-refractivity contribution in [3.8, 4) is 11.3 Å². The van der Waals surface area contributed by atoms with Gasteiger partial charge in [-0.1, -0.05) is 19.9 Å². The Kier molecular flexibility index (Phi) is 11.8. The molecular weight excluding hydrogens is 614 g/mol. The molecule has 0 aliphatic rings. The molecule has 0 aliphatic heterocycles. The number of rotatable bonds is 13. The van der Waals surface area contributed by atoms with Crippen molar-refractivity contribution < 1.29 is 27.1 Å². The number of hydrogen-bond acceptors (Lipinski definition) is 7. The summed E-state index contributed by atoms with van der Waals surface area (Å²) in [6.45, 7) is 8.44. The largest absolute Gasteiger partial charge is 0.483 e. The van der Waals surface area contributed by atoms with Crippen molar-refractivity contribution in [1.29, 1.82) is 0 Å². The van der Waals surface area contributed by atoms with E-state index in [0.29, 0.717) is 17.6 Å². The number of anilines is 3. The van der Waals surface area contributed by atoms with Crippen LogP contribution >= 0.6 is 0 Å². The SMILES string of the molecule is CCN(CC)CCCCn1ccc2cc(-c3cc(Nc4ccc(NS(=O)(=O)c5ccc(F)cc5F)cc4)ncn3)ccc21.O=CO. The van der Waals surface area contributed by atoms with Crippen LogP contribution in [0, 0.1) is 11.6 Å². The van der Waals surface area contributed by atoms with E-state index in [-0.39, 0.29) is 12.2 Å². The first-order valence-electron chi connectivity index (χ1n) is 14.7. The fraction of sp³-hybridized carbons (Fsp3) is 0.242. The predicted molar refractivity (Wildman–Crippen MR) is 176 cm³/mol. The van der Waals surface area contributed by atoms with E-state index in [1.807, 2.05) is 6.07 Å². The van der Waals surface area contributed by atoms with Gasteiger partial charge in [0.25, 0.3) is 16.5 Å². The van der Waals surface area contributed by atoms with Crippen molar-refractivity contribution in [3.63, 3.8) is 0 Å². The molecular formula is C33H36F2N6O4S. The van der Waals surface area contributed by atoms with Gasteiger partial charge in [-0.25, -0.2) is 27.2 Å². The van der Waals surface area contributed by atoms with Crippen LogP contribution in [0.25, 0.3) is 22.2 Å². The van der Waals surface area contributed by atoms with Gasteiger partial charge in [0, 0.05) is 52.7 Å². The number of halogens is 2. The molecule has 46 heavy (non-hydrogen) atoms. The maximum absolute atomic E-state index is 14.0. The minimum Gasteiger partial charge on any atom is -0.483 e. The van der Waals surface area contributed by atoms with Crippen LogP contribution < -0.4 is 10.0 Å². The fourth-order valence-electron chi connectivity index (χ4n) is 4.97. The number of carboxylic acid groups (broad SMARTS) is 1. The van der Waals surface area contributed by atoms with Gasteiger partial charge in [-0.3, -0.25) is 9.52 Å². The monoisotopic (exact) mass is 650 g/mol. The quantitative estimate of drug-likeness (QED) is 0.0944. The number of sulfonamides is 1. The molecule has 5 aromatic rings. The predicted octanol–water partition coefficient (Wildman–Crippen LogP) is 6.74. The lowest BCUT2D eigenvalue weighted by Crippen LogP contribution is -2.24. The van der Waals surface area contributed by atoms with Crippen molar-refractivity contribution in [3.05, 3.63) is 97.0 Å². The summed E-state index contributed by atoms with van der Waals surface area (Å²) in [5, 5.41) is 11.2. The van der Waals surface area contributed by atoms with Crippen molar-refractivity contribution in [2.45, 2.75) is 38.1 Å². The average molecular weight is 651 g/mol. The molecule has 13 heteroatoms. The number of nitrogens with one attached hydrogen (secondary N) is 2. The highest BCUT2D eigenvalue weighted by Crippen LogP contribution is 2.27. The standard InChI is InChI=1S/C32H34F2N6O2S.CH2O2/c1-3-39(4-2)16-5-6-17-40-18-15-24-19-23(7-13-30(24)40)29-21-32(36-22-35-29)37-26-9-11-27(12-10-26)38-43(41,42)31-14-8-25(33)20-28(31)34;2-1-3/h7-15,18-22,38H,3-6,16-17H2,1-2H3,(H,35,36,37);1H,(H,2,3). The van der Waals surface area contributed by atoms with Gasteiger partial charge < -0.3 is 19.9 Å². The van der Waals surface area contributed by atoms with Gasteiger partial charge in [-0.05, 0) is 87.1 Å². The molecule has 0 aliphatic carbocycles. The minimum absolute atomic E-state index is 0.224. The molecule has 2 aromatic heterocycles. The van der Waals surface area contributed by atoms with Crippen LogP contribution in [0.3, 0.4) is 0 Å². The minimum atomic E-state index is -4.23. The lowest BCUT2D eigenvalue weighted by Gasteiger charge is -2.17. The summed E-state index contributed by atoms with van der Waals surface area (Å²) in [4.78, 5) is 19.0. The summed E-state index contributed by atoms with van der Waals surface area (Å²) >= 11 is 0. The van der Waals surface area contributed by atoms with E-state index < -0.39 is 26.6 Å². The molecule has 0 spiro atoms. The van der Waals surface area contributed by atoms with Crippen molar-refractivity contribution in [2.75, 3.05) is 29.7 Å². The second-order valence-corrected chi connectivity index (χ2v) is 11.9. The molecule has 0 saturated carbocycles. The van der Waals surface area contributed by atoms with Crippen LogP contribution in [-0.2, 0) is 21.4 Å². The Morgan fingerprint density at radius 3 is 2.33 bits per heavy atom. The Hall–Kier alpha value is -4.88. The zero-order chi connectivity index (χ0) is 33.1. The Labute approximate surface area is 266 Å². The Morgan fingerprint density at radius 2 is 1.63 bits per heavy atom. The Bertz CT molecular complexity index is 1860. The second kappa shape index (κ2) is 15.9. The third kappa shape index (κ3) is 8.86. The Morgan fingerprint density at radius 1 is 0.913 bits per heavy atom. The number of aryl methyl sites for hydroxylation is 1. The van der Waals surface area contributed by atoms with Crippen molar-refractivity contribution >= 4 is 44.6 Å². The zero-order valence-electron chi connectivity index (χ0n) is 25.5. The van der Waals surface area contributed by atoms with Gasteiger partial charge in [0.1, 0.15) is 28.7 Å². The second-order valence-electron chi connectivity index (χ2n) is 10.3. The number of fused-ring (bicyclic) bond motifs is 1. The number of benzene rings is 3. The van der Waals surface area contributed by atoms with Crippen molar-refractivity contribution in [2.24, 2.45) is 0 Å². The van der Waals surface area contributed by atoms with E-state index in [1.54, 1.807) is 12.1 Å². The molecule has 0 amide bonds. The number of carbonyl (C=O) groups is 1. The van der Waals surface area contributed by atoms with E-state index in [2.05, 4.69) is 73.8 Å². The number of nitrogens with zero attached hydrogens (tertiary/aromatic N) is 4. The molecule has 0 saturated heterocycles. The highest BCUT2D eigenvalue weighted by Gasteiger charge is 2.19. The van der Waals surface area contributed by atoms with Gasteiger partial charge in [-0.15, -0.1) is 0 Å². The third-order valence-electron chi connectivity index (χ3n) is 7.34. The molecule has 0 fully saturated rings. The summed E-state index contributed by atoms with van der Waals surface area (Å²) in [5.74, 6) is -1.45. The van der Waals surface area contributed by atoms with Crippen molar-refractivity contribution in [1.82, 2.24) is 19.4 Å². The number of unbranched alkanes of at least 4 members (excludes halogenated alkanes) is 1. The first-order chi connectivity index (χ1) is 22.2. The molecule has 5 rings (SSSR count). The summed E-state index contributed by atoms with van der Waals surface area (Å²) in [6.07, 6.45) is 5.93. The molecule has 0 radical (unpaired) electrons. The summed E-state index contributed by atoms with van der Waals surface area (Å²) in [5.41, 5.74) is 3.81. The fourth-order valence-corrected chi connectivity index (χ4v) is 6.09. The molecule has 3 N–H and O–H groups in total. The normalized spacial score (nSPS) is 11.2. The van der Waals surface area contributed by atoms with Crippen LogP contribution in [0.1, 0.15) is 26.7 Å². The molecule has 0 atom stereocenters. The maximum atomic E-state index is 14.0. The van der Waals surface area contributed by atoms with E-state index in [1.165, 1.54) is 30.4 Å². The summed E-state index contributed by atoms with van der Waals surface area (Å²) < 4.78 is 56.9. The molecule has 0 bridgehead atoms. The van der Waals surface area contributed by atoms with E-state index in [9.17, 15) is 17.2 Å². The van der Waals surface area contributed by atoms with Gasteiger partial charge in [0.15, 0.2) is 0 Å². The first-order valence-corrected chi connectivity index (χ1v) is 16.2. The van der Waals surface area contributed by atoms with Gasteiger partial charge in [0.05, 0.1) is 5.69 Å². The highest BCUT2D eigenvalue weighted by molar-refractivity contribution is 7.92. The molecule has 0 unspecified atom stereocenters. The van der Waals surface area contributed by atoms with Crippen LogP contribution in [0.4, 0.5) is 26.0 Å². The molecule has 242 valence electrons. The van der Waals surface area contributed by atoms with E-state index >= 15 is 0 Å². The lowest BCUT2D eigenvalue weighted by atomic mass is 10.1. The summed E-state index contributed by atoms with van der Waals surface area (Å²) in [7, 11) is -4.23. The van der Waals surface area contributed by atoms with Crippen LogP contribution in [0.2, 0.25) is 0 Å². The first kappa shape index (κ1) is 34.0. The van der Waals surface area contributed by atoms with E-state index in [4.69, 9.17) is 9.90 Å². The maximum Gasteiger partial charge on any atom is 0.290 e. The molecule has 2 heterocycles. The van der Waals surface area contributed by atoms with Gasteiger partial charge in [0.2, 0.25) is 0 Å². The van der Waals surface area contributed by atoms with Gasteiger partial charge in [-0.2, -0.15) is 0 Å². The lowest BCUT2D eigenvalue weighted by molar-refractivity contribution is -0.122. The topological polar surface area (TPSA) is 129 Å². The number of hydrogen-bond donors (Lipinski definition) is 3. The smallest absolute Gasteiger partial charge is 0.290 e. The highest BCUT2D eigenvalue weighted by atomic mass is 32.2. The average Bonchev–Trinajstić information content (AvgIpc) is 3.44. The summed E-state index contributed by atoms with van der Waals surface area (Å²) in [6, 6.07) is 19.0. The van der Waals surface area contributed by atoms with Gasteiger partial charge >= 0.3 is 0 Å². The van der Waals surface area contributed by atoms with Crippen LogP contribution in [0.15, 0.2) is 90.2 Å². The third-order valence-corrected chi connectivity index (χ3v) is 8.76. The Balaban J connectivity index is 0.00000154. The molecule has 3 aromatic carbocycles. The number of aromatic nitrogens is 3. The zero-order valence-corrected chi connectivity index (χ0v) is 26.3. The van der Waals surface area contributed by atoms with E-state index in [0.717, 1.165) is 61.4 Å². The van der Waals surface area contributed by atoms with Crippen LogP contribution in [0.5, 0.6) is 0 Å². The van der Waals surface area contributed by atoms with Crippen LogP contribution in [-0.4, -0.2) is 59.1 Å². The molecule has 10 nitrogen and oxygen atoms in total.